The second kappa shape index (κ2) is 5.50. The highest BCUT2D eigenvalue weighted by Crippen LogP contribution is 2.30. The zero-order chi connectivity index (χ0) is 12.3. The van der Waals surface area contributed by atoms with Gasteiger partial charge in [-0.3, -0.25) is 0 Å². The van der Waals surface area contributed by atoms with Gasteiger partial charge in [0.25, 0.3) is 0 Å². The molecule has 0 aromatic heterocycles. The number of rotatable bonds is 3. The van der Waals surface area contributed by atoms with Crippen molar-refractivity contribution in [3.63, 3.8) is 0 Å². The van der Waals surface area contributed by atoms with Gasteiger partial charge in [-0.05, 0) is 43.5 Å². The summed E-state index contributed by atoms with van der Waals surface area (Å²) in [7, 11) is 1.56. The van der Waals surface area contributed by atoms with Crippen molar-refractivity contribution < 1.29 is 9.13 Å². The van der Waals surface area contributed by atoms with Crippen molar-refractivity contribution in [1.29, 1.82) is 0 Å². The van der Waals surface area contributed by atoms with E-state index in [0.29, 0.717) is 11.7 Å². The van der Waals surface area contributed by atoms with Crippen LogP contribution in [0.3, 0.4) is 0 Å². The molecule has 0 spiro atoms. The average Bonchev–Trinajstić information content (AvgIpc) is 2.38. The number of likely N-dealkylation sites (tertiary alicyclic amines) is 1. The van der Waals surface area contributed by atoms with Crippen LogP contribution < -0.4 is 4.74 Å². The van der Waals surface area contributed by atoms with Crippen LogP contribution in [0.15, 0.2) is 18.2 Å². The van der Waals surface area contributed by atoms with E-state index < -0.39 is 0 Å². The number of ether oxygens (including phenoxy) is 1. The van der Waals surface area contributed by atoms with E-state index in [-0.39, 0.29) is 5.82 Å². The highest BCUT2D eigenvalue weighted by Gasteiger charge is 2.22. The molecule has 0 aliphatic carbocycles. The third-order valence-corrected chi connectivity index (χ3v) is 3.60. The van der Waals surface area contributed by atoms with E-state index in [4.69, 9.17) is 4.74 Å². The summed E-state index contributed by atoms with van der Waals surface area (Å²) in [5.74, 6) is 0.788. The molecule has 0 amide bonds. The Hall–Kier alpha value is -1.09. The number of methoxy groups -OCH3 is 1. The van der Waals surface area contributed by atoms with Crippen LogP contribution >= 0.6 is 0 Å². The van der Waals surface area contributed by atoms with Crippen LogP contribution in [0.1, 0.15) is 31.2 Å². The van der Waals surface area contributed by atoms with Gasteiger partial charge in [0, 0.05) is 12.6 Å². The first-order chi connectivity index (χ1) is 8.24. The van der Waals surface area contributed by atoms with E-state index in [2.05, 4.69) is 11.8 Å². The molecule has 0 saturated carbocycles. The van der Waals surface area contributed by atoms with E-state index in [1.165, 1.54) is 6.07 Å². The van der Waals surface area contributed by atoms with Crippen LogP contribution in [-0.2, 0) is 0 Å². The molecule has 0 radical (unpaired) electrons. The molecule has 1 aromatic rings. The SMILES string of the molecule is CCN1CCCC(c2ccc(OC)cc2F)C1. The second-order valence-corrected chi connectivity index (χ2v) is 4.62. The molecule has 1 saturated heterocycles. The van der Waals surface area contributed by atoms with Crippen molar-refractivity contribution >= 4 is 0 Å². The fourth-order valence-electron chi connectivity index (χ4n) is 2.56. The normalized spacial score (nSPS) is 21.5. The lowest BCUT2D eigenvalue weighted by molar-refractivity contribution is 0.216. The van der Waals surface area contributed by atoms with E-state index in [1.807, 2.05) is 12.1 Å². The first-order valence-corrected chi connectivity index (χ1v) is 6.30. The highest BCUT2D eigenvalue weighted by molar-refractivity contribution is 5.31. The number of likely N-dealkylation sites (N-methyl/N-ethyl adjacent to an activating group) is 1. The van der Waals surface area contributed by atoms with Crippen molar-refractivity contribution in [1.82, 2.24) is 4.90 Å². The third-order valence-electron chi connectivity index (χ3n) is 3.60. The standard InChI is InChI=1S/C14H20FNO/c1-3-16-8-4-5-11(10-16)13-7-6-12(17-2)9-14(13)15/h6-7,9,11H,3-5,8,10H2,1-2H3. The van der Waals surface area contributed by atoms with E-state index in [9.17, 15) is 4.39 Å². The number of halogens is 1. The maximum absolute atomic E-state index is 14.0. The van der Waals surface area contributed by atoms with Gasteiger partial charge in [-0.1, -0.05) is 13.0 Å². The van der Waals surface area contributed by atoms with Crippen molar-refractivity contribution in [2.24, 2.45) is 0 Å². The summed E-state index contributed by atoms with van der Waals surface area (Å²) in [5.41, 5.74) is 0.837. The van der Waals surface area contributed by atoms with Crippen LogP contribution in [0.25, 0.3) is 0 Å². The molecule has 1 fully saturated rings. The summed E-state index contributed by atoms with van der Waals surface area (Å²) < 4.78 is 19.0. The van der Waals surface area contributed by atoms with Gasteiger partial charge in [-0.15, -0.1) is 0 Å². The predicted molar refractivity (Wildman–Crippen MR) is 67.0 cm³/mol. The molecular weight excluding hydrogens is 217 g/mol. The molecule has 1 heterocycles. The maximum Gasteiger partial charge on any atom is 0.130 e. The summed E-state index contributed by atoms with van der Waals surface area (Å²) in [6.45, 7) is 5.32. The molecule has 1 unspecified atom stereocenters. The third kappa shape index (κ3) is 2.78. The summed E-state index contributed by atoms with van der Waals surface area (Å²) in [5, 5.41) is 0. The maximum atomic E-state index is 14.0. The summed E-state index contributed by atoms with van der Waals surface area (Å²) >= 11 is 0. The topological polar surface area (TPSA) is 12.5 Å². The number of hydrogen-bond donors (Lipinski definition) is 0. The number of hydrogen-bond acceptors (Lipinski definition) is 2. The minimum absolute atomic E-state index is 0.132. The van der Waals surface area contributed by atoms with Crippen molar-refractivity contribution in [2.75, 3.05) is 26.7 Å². The molecule has 1 aliphatic rings. The highest BCUT2D eigenvalue weighted by atomic mass is 19.1. The first kappa shape index (κ1) is 12.4. The Morgan fingerprint density at radius 3 is 2.94 bits per heavy atom. The molecule has 17 heavy (non-hydrogen) atoms. The van der Waals surface area contributed by atoms with Gasteiger partial charge in [-0.2, -0.15) is 0 Å². The Kier molecular flexibility index (Phi) is 4.00. The molecule has 2 nitrogen and oxygen atoms in total. The molecule has 3 heteroatoms. The number of nitrogens with zero attached hydrogens (tertiary/aromatic N) is 1. The molecule has 94 valence electrons. The van der Waals surface area contributed by atoms with Crippen LogP contribution in [0.4, 0.5) is 4.39 Å². The lowest BCUT2D eigenvalue weighted by Gasteiger charge is -2.32. The molecular formula is C14H20FNO. The van der Waals surface area contributed by atoms with E-state index in [0.717, 1.165) is 38.0 Å². The molecule has 1 atom stereocenters. The Morgan fingerprint density at radius 1 is 1.47 bits per heavy atom. The smallest absolute Gasteiger partial charge is 0.130 e. The average molecular weight is 237 g/mol. The Morgan fingerprint density at radius 2 is 2.29 bits per heavy atom. The largest absolute Gasteiger partial charge is 0.497 e. The summed E-state index contributed by atoms with van der Waals surface area (Å²) in [6, 6.07) is 5.21. The zero-order valence-electron chi connectivity index (χ0n) is 10.6. The monoisotopic (exact) mass is 237 g/mol. The molecule has 0 N–H and O–H groups in total. The lowest BCUT2D eigenvalue weighted by Crippen LogP contribution is -2.34. The Balaban J connectivity index is 2.16. The van der Waals surface area contributed by atoms with Gasteiger partial charge in [-0.25, -0.2) is 4.39 Å². The first-order valence-electron chi connectivity index (χ1n) is 6.30. The van der Waals surface area contributed by atoms with Gasteiger partial charge in [0.1, 0.15) is 11.6 Å². The van der Waals surface area contributed by atoms with Crippen molar-refractivity contribution in [3.8, 4) is 5.75 Å². The van der Waals surface area contributed by atoms with Crippen LogP contribution in [0.5, 0.6) is 5.75 Å². The molecule has 1 aromatic carbocycles. The minimum Gasteiger partial charge on any atom is -0.497 e. The van der Waals surface area contributed by atoms with E-state index >= 15 is 0 Å². The quantitative estimate of drug-likeness (QED) is 0.801. The van der Waals surface area contributed by atoms with Crippen LogP contribution in [-0.4, -0.2) is 31.6 Å². The molecule has 2 rings (SSSR count). The molecule has 1 aliphatic heterocycles. The second-order valence-electron chi connectivity index (χ2n) is 4.62. The minimum atomic E-state index is -0.132. The van der Waals surface area contributed by atoms with Gasteiger partial charge in [0.2, 0.25) is 0 Å². The van der Waals surface area contributed by atoms with Crippen molar-refractivity contribution in [2.45, 2.75) is 25.7 Å². The lowest BCUT2D eigenvalue weighted by atomic mass is 9.90. The number of benzene rings is 1. The zero-order valence-corrected chi connectivity index (χ0v) is 10.6. The predicted octanol–water partition coefficient (Wildman–Crippen LogP) is 3.03. The summed E-state index contributed by atoms with van der Waals surface area (Å²) in [4.78, 5) is 2.39. The van der Waals surface area contributed by atoms with E-state index in [1.54, 1.807) is 7.11 Å². The van der Waals surface area contributed by atoms with Gasteiger partial charge < -0.3 is 9.64 Å². The van der Waals surface area contributed by atoms with Gasteiger partial charge >= 0.3 is 0 Å². The van der Waals surface area contributed by atoms with Crippen LogP contribution in [0, 0.1) is 5.82 Å². The fourth-order valence-corrected chi connectivity index (χ4v) is 2.56. The van der Waals surface area contributed by atoms with Crippen molar-refractivity contribution in [3.05, 3.63) is 29.6 Å². The number of piperidine rings is 1. The Bertz CT molecular complexity index is 380. The fraction of sp³-hybridized carbons (Fsp3) is 0.571. The summed E-state index contributed by atoms with van der Waals surface area (Å²) in [6.07, 6.45) is 2.24. The van der Waals surface area contributed by atoms with Gasteiger partial charge in [0.15, 0.2) is 0 Å². The van der Waals surface area contributed by atoms with Gasteiger partial charge in [0.05, 0.1) is 7.11 Å². The molecule has 0 bridgehead atoms. The van der Waals surface area contributed by atoms with Crippen LogP contribution in [0.2, 0.25) is 0 Å². The Labute approximate surface area is 102 Å².